The summed E-state index contributed by atoms with van der Waals surface area (Å²) in [7, 11) is 1.66. The van der Waals surface area contributed by atoms with E-state index in [-0.39, 0.29) is 30.2 Å². The Kier molecular flexibility index (Phi) is 7.05. The molecule has 6 nitrogen and oxygen atoms in total. The lowest BCUT2D eigenvalue weighted by Crippen LogP contribution is -2.54. The Morgan fingerprint density at radius 1 is 1.03 bits per heavy atom. The fourth-order valence-corrected chi connectivity index (χ4v) is 3.63. The van der Waals surface area contributed by atoms with Crippen LogP contribution < -0.4 is 10.2 Å². The highest BCUT2D eigenvalue weighted by molar-refractivity contribution is 5.95. The zero-order valence-corrected chi connectivity index (χ0v) is 17.8. The van der Waals surface area contributed by atoms with Gasteiger partial charge in [0.2, 0.25) is 11.8 Å². The number of benzene rings is 2. The molecule has 1 aliphatic rings. The molecule has 160 valence electrons. The maximum absolute atomic E-state index is 13.1. The van der Waals surface area contributed by atoms with Crippen LogP contribution in [0.25, 0.3) is 0 Å². The van der Waals surface area contributed by atoms with E-state index in [0.29, 0.717) is 0 Å². The van der Waals surface area contributed by atoms with Crippen molar-refractivity contribution in [2.24, 2.45) is 0 Å². The van der Waals surface area contributed by atoms with Crippen LogP contribution in [0.5, 0.6) is 0 Å². The lowest BCUT2D eigenvalue weighted by molar-refractivity contribution is -0.137. The molecule has 1 aliphatic heterocycles. The molecule has 1 heterocycles. The molecule has 2 aromatic rings. The Hall–Kier alpha value is -2.93. The molecule has 0 spiro atoms. The van der Waals surface area contributed by atoms with Gasteiger partial charge in [0, 0.05) is 44.6 Å². The summed E-state index contributed by atoms with van der Waals surface area (Å²) >= 11 is 0. The van der Waals surface area contributed by atoms with Crippen LogP contribution >= 0.6 is 0 Å². The molecule has 0 aromatic heterocycles. The Labute approximate surface area is 177 Å². The van der Waals surface area contributed by atoms with E-state index < -0.39 is 0 Å². The predicted octanol–water partition coefficient (Wildman–Crippen LogP) is 2.74. The summed E-state index contributed by atoms with van der Waals surface area (Å²) in [5.74, 6) is -0.543. The van der Waals surface area contributed by atoms with E-state index >= 15 is 0 Å². The molecule has 0 radical (unpaired) electrons. The second-order valence-electron chi connectivity index (χ2n) is 7.78. The van der Waals surface area contributed by atoms with Crippen LogP contribution in [0.15, 0.2) is 48.5 Å². The number of piperazine rings is 1. The van der Waals surface area contributed by atoms with Crippen LogP contribution in [0.1, 0.15) is 12.5 Å². The summed E-state index contributed by atoms with van der Waals surface area (Å²) in [5.41, 5.74) is 2.82. The second kappa shape index (κ2) is 9.71. The predicted molar refractivity (Wildman–Crippen MR) is 117 cm³/mol. The number of hydrogen-bond donors (Lipinski definition) is 1. The number of aryl methyl sites for hydroxylation is 1. The van der Waals surface area contributed by atoms with Crippen LogP contribution in [0.4, 0.5) is 15.8 Å². The number of carbonyl (C=O) groups is 2. The number of amides is 2. The molecule has 7 heteroatoms. The molecule has 0 aliphatic carbocycles. The summed E-state index contributed by atoms with van der Waals surface area (Å²) in [6.07, 6.45) is 0. The van der Waals surface area contributed by atoms with Crippen molar-refractivity contribution in [3.05, 3.63) is 59.9 Å². The summed E-state index contributed by atoms with van der Waals surface area (Å²) in [6.45, 7) is 6.86. The van der Waals surface area contributed by atoms with E-state index in [9.17, 15) is 14.0 Å². The summed E-state index contributed by atoms with van der Waals surface area (Å²) in [6, 6.07) is 13.7. The van der Waals surface area contributed by atoms with Crippen molar-refractivity contribution in [2.45, 2.75) is 19.9 Å². The normalized spacial score (nSPS) is 15.5. The van der Waals surface area contributed by atoms with Gasteiger partial charge in [-0.05, 0) is 50.2 Å². The number of hydrogen-bond acceptors (Lipinski definition) is 4. The molecule has 1 saturated heterocycles. The SMILES string of the molecule is Cc1ccc(NC(=O)CN(C)C(=O)C(C)N2CCN(c3ccc(F)cc3)CC2)cc1. The molecule has 1 atom stereocenters. The van der Waals surface area contributed by atoms with Crippen LogP contribution in [0.3, 0.4) is 0 Å². The van der Waals surface area contributed by atoms with Gasteiger partial charge in [0.15, 0.2) is 0 Å². The number of nitrogens with zero attached hydrogens (tertiary/aromatic N) is 3. The van der Waals surface area contributed by atoms with E-state index in [4.69, 9.17) is 0 Å². The van der Waals surface area contributed by atoms with Crippen molar-refractivity contribution in [1.29, 1.82) is 0 Å². The Morgan fingerprint density at radius 2 is 1.63 bits per heavy atom. The van der Waals surface area contributed by atoms with Crippen molar-refractivity contribution in [1.82, 2.24) is 9.80 Å². The minimum Gasteiger partial charge on any atom is -0.369 e. The second-order valence-corrected chi connectivity index (χ2v) is 7.78. The third-order valence-corrected chi connectivity index (χ3v) is 5.50. The molecule has 2 amide bonds. The molecule has 3 rings (SSSR count). The first-order valence-electron chi connectivity index (χ1n) is 10.2. The van der Waals surface area contributed by atoms with Gasteiger partial charge in [-0.2, -0.15) is 0 Å². The number of likely N-dealkylation sites (N-methyl/N-ethyl adjacent to an activating group) is 1. The van der Waals surface area contributed by atoms with Gasteiger partial charge in [0.1, 0.15) is 5.82 Å². The Bertz CT molecular complexity index is 862. The Morgan fingerprint density at radius 3 is 2.23 bits per heavy atom. The molecule has 1 fully saturated rings. The topological polar surface area (TPSA) is 55.9 Å². The summed E-state index contributed by atoms with van der Waals surface area (Å²) in [5, 5.41) is 2.82. The standard InChI is InChI=1S/C23H29FN4O2/c1-17-4-8-20(9-5-17)25-22(29)16-26(3)23(30)18(2)27-12-14-28(15-13-27)21-10-6-19(24)7-11-21/h4-11,18H,12-16H2,1-3H3,(H,25,29). The van der Waals surface area contributed by atoms with Crippen molar-refractivity contribution < 1.29 is 14.0 Å². The van der Waals surface area contributed by atoms with Crippen molar-refractivity contribution in [3.63, 3.8) is 0 Å². The van der Waals surface area contributed by atoms with Gasteiger partial charge in [-0.3, -0.25) is 14.5 Å². The Balaban J connectivity index is 1.48. The molecular formula is C23H29FN4O2. The van der Waals surface area contributed by atoms with Crippen molar-refractivity contribution in [3.8, 4) is 0 Å². The molecule has 30 heavy (non-hydrogen) atoms. The van der Waals surface area contributed by atoms with Crippen LogP contribution in [-0.2, 0) is 9.59 Å². The summed E-state index contributed by atoms with van der Waals surface area (Å²) in [4.78, 5) is 30.9. The van der Waals surface area contributed by atoms with E-state index in [0.717, 1.165) is 43.1 Å². The fraction of sp³-hybridized carbons (Fsp3) is 0.391. The number of nitrogens with one attached hydrogen (secondary N) is 1. The first kappa shape index (κ1) is 21.8. The largest absolute Gasteiger partial charge is 0.369 e. The van der Waals surface area contributed by atoms with Gasteiger partial charge >= 0.3 is 0 Å². The summed E-state index contributed by atoms with van der Waals surface area (Å²) < 4.78 is 13.1. The maximum Gasteiger partial charge on any atom is 0.243 e. The average Bonchev–Trinajstić information content (AvgIpc) is 2.75. The molecule has 1 unspecified atom stereocenters. The van der Waals surface area contributed by atoms with Crippen LogP contribution in [0.2, 0.25) is 0 Å². The molecular weight excluding hydrogens is 383 g/mol. The van der Waals surface area contributed by atoms with E-state index in [1.807, 2.05) is 38.1 Å². The molecule has 0 bridgehead atoms. The van der Waals surface area contributed by atoms with E-state index in [1.54, 1.807) is 19.2 Å². The van der Waals surface area contributed by atoms with Gasteiger partial charge < -0.3 is 15.1 Å². The minimum absolute atomic E-state index is 0.00654. The fourth-order valence-electron chi connectivity index (χ4n) is 3.63. The highest BCUT2D eigenvalue weighted by Crippen LogP contribution is 2.18. The monoisotopic (exact) mass is 412 g/mol. The lowest BCUT2D eigenvalue weighted by Gasteiger charge is -2.39. The average molecular weight is 413 g/mol. The van der Waals surface area contributed by atoms with Gasteiger partial charge in [-0.1, -0.05) is 17.7 Å². The quantitative estimate of drug-likeness (QED) is 0.793. The van der Waals surface area contributed by atoms with Gasteiger partial charge in [-0.15, -0.1) is 0 Å². The third-order valence-electron chi connectivity index (χ3n) is 5.50. The molecule has 1 N–H and O–H groups in total. The first-order chi connectivity index (χ1) is 14.3. The zero-order valence-electron chi connectivity index (χ0n) is 17.8. The van der Waals surface area contributed by atoms with Gasteiger partial charge in [-0.25, -0.2) is 4.39 Å². The highest BCUT2D eigenvalue weighted by atomic mass is 19.1. The highest BCUT2D eigenvalue weighted by Gasteiger charge is 2.28. The van der Waals surface area contributed by atoms with Gasteiger partial charge in [0.05, 0.1) is 12.6 Å². The van der Waals surface area contributed by atoms with Crippen molar-refractivity contribution in [2.75, 3.05) is 50.0 Å². The third kappa shape index (κ3) is 5.57. The minimum atomic E-state index is -0.308. The van der Waals surface area contributed by atoms with E-state index in [2.05, 4.69) is 15.1 Å². The number of halogens is 1. The van der Waals surface area contributed by atoms with Gasteiger partial charge in [0.25, 0.3) is 0 Å². The smallest absolute Gasteiger partial charge is 0.243 e. The van der Waals surface area contributed by atoms with E-state index in [1.165, 1.54) is 17.0 Å². The number of anilines is 2. The lowest BCUT2D eigenvalue weighted by atomic mass is 10.2. The van der Waals surface area contributed by atoms with Crippen molar-refractivity contribution >= 4 is 23.2 Å². The zero-order chi connectivity index (χ0) is 21.7. The molecule has 0 saturated carbocycles. The number of carbonyl (C=O) groups excluding carboxylic acids is 2. The number of rotatable bonds is 6. The maximum atomic E-state index is 13.1. The van der Waals surface area contributed by atoms with Crippen LogP contribution in [-0.4, -0.2) is 67.4 Å². The first-order valence-corrected chi connectivity index (χ1v) is 10.2. The van der Waals surface area contributed by atoms with Crippen LogP contribution in [0, 0.1) is 12.7 Å². The molecule has 2 aromatic carbocycles.